The van der Waals surface area contributed by atoms with Crippen LogP contribution < -0.4 is 31.6 Å². The van der Waals surface area contributed by atoms with E-state index in [1.807, 2.05) is 27.7 Å². The summed E-state index contributed by atoms with van der Waals surface area (Å²) in [5.74, 6) is -2.70. The van der Waals surface area contributed by atoms with Crippen molar-refractivity contribution >= 4 is 64.3 Å². The Kier molecular flexibility index (Phi) is 18.7. The molecule has 2 aromatic carbocycles. The van der Waals surface area contributed by atoms with Crippen LogP contribution >= 0.6 is 0 Å². The molecule has 1 aromatic heterocycles. The van der Waals surface area contributed by atoms with Crippen molar-refractivity contribution in [3.63, 3.8) is 0 Å². The molecule has 67 heavy (non-hydrogen) atoms. The first-order valence-electron chi connectivity index (χ1n) is 21.8. The maximum Gasteiger partial charge on any atom is 0.415 e. The summed E-state index contributed by atoms with van der Waals surface area (Å²) in [5, 5.41) is 11.6. The SMILES string of the molecule is CC(C)C(NC(=O)CCC(C)(C)OCCC(C)(C)NC(=O)CCN1C(=O)C=CC1=O)C(=O)NCC(=O)Nc1ccc(COC(=O)N(C)CCN(C)C(=O)Oc2ccc3ccc(=O)oc3c2)cc1. The third kappa shape index (κ3) is 17.3. The van der Waals surface area contributed by atoms with Gasteiger partial charge >= 0.3 is 17.8 Å². The lowest BCUT2D eigenvalue weighted by Gasteiger charge is -2.30. The van der Waals surface area contributed by atoms with Crippen molar-refractivity contribution in [3.05, 3.63) is 82.7 Å². The molecular weight excluding hydrogens is 871 g/mol. The molecule has 362 valence electrons. The normalized spacial score (nSPS) is 13.0. The summed E-state index contributed by atoms with van der Waals surface area (Å²) in [7, 11) is 3.03. The molecule has 20 heteroatoms. The third-order valence-corrected chi connectivity index (χ3v) is 10.6. The largest absolute Gasteiger partial charge is 0.445 e. The van der Waals surface area contributed by atoms with Crippen LogP contribution in [0.25, 0.3) is 11.0 Å². The molecule has 2 heterocycles. The molecule has 0 aliphatic carbocycles. The molecule has 0 spiro atoms. The van der Waals surface area contributed by atoms with E-state index in [0.29, 0.717) is 29.5 Å². The van der Waals surface area contributed by atoms with Crippen molar-refractivity contribution in [3.8, 4) is 5.75 Å². The number of imide groups is 1. The predicted octanol–water partition coefficient (Wildman–Crippen LogP) is 3.86. The van der Waals surface area contributed by atoms with Gasteiger partial charge in [-0.2, -0.15) is 0 Å². The van der Waals surface area contributed by atoms with Gasteiger partial charge in [0.2, 0.25) is 23.6 Å². The Balaban J connectivity index is 1.10. The second-order valence-electron chi connectivity index (χ2n) is 17.7. The van der Waals surface area contributed by atoms with E-state index in [-0.39, 0.29) is 81.3 Å². The fourth-order valence-electron chi connectivity index (χ4n) is 6.40. The highest BCUT2D eigenvalue weighted by Gasteiger charge is 2.29. The van der Waals surface area contributed by atoms with Gasteiger partial charge in [-0.05, 0) is 82.3 Å². The second kappa shape index (κ2) is 23.9. The first-order valence-corrected chi connectivity index (χ1v) is 21.8. The molecule has 0 saturated heterocycles. The van der Waals surface area contributed by atoms with Crippen molar-refractivity contribution in [1.82, 2.24) is 30.7 Å². The third-order valence-electron chi connectivity index (χ3n) is 10.6. The smallest absolute Gasteiger partial charge is 0.415 e. The minimum Gasteiger partial charge on any atom is -0.445 e. The molecule has 1 unspecified atom stereocenters. The Labute approximate surface area is 388 Å². The number of amides is 8. The summed E-state index contributed by atoms with van der Waals surface area (Å²) in [6.07, 6.45) is 1.85. The van der Waals surface area contributed by atoms with Gasteiger partial charge in [0, 0.05) is 94.1 Å². The number of rotatable bonds is 23. The van der Waals surface area contributed by atoms with Gasteiger partial charge in [-0.3, -0.25) is 33.7 Å². The Bertz CT molecular complexity index is 2360. The zero-order valence-corrected chi connectivity index (χ0v) is 39.2. The van der Waals surface area contributed by atoms with Crippen LogP contribution in [0.3, 0.4) is 0 Å². The van der Waals surface area contributed by atoms with Crippen LogP contribution in [0, 0.1) is 5.92 Å². The highest BCUT2D eigenvalue weighted by molar-refractivity contribution is 6.13. The number of ether oxygens (including phenoxy) is 3. The van der Waals surface area contributed by atoms with Gasteiger partial charge in [-0.1, -0.05) is 26.0 Å². The molecule has 0 saturated carbocycles. The maximum absolute atomic E-state index is 13.1. The highest BCUT2D eigenvalue weighted by Crippen LogP contribution is 2.21. The van der Waals surface area contributed by atoms with E-state index in [4.69, 9.17) is 18.6 Å². The van der Waals surface area contributed by atoms with Crippen molar-refractivity contribution in [2.45, 2.75) is 91.0 Å². The van der Waals surface area contributed by atoms with E-state index < -0.39 is 58.6 Å². The Morgan fingerprint density at radius 1 is 0.776 bits per heavy atom. The molecule has 4 rings (SSSR count). The molecule has 8 amide bonds. The zero-order valence-electron chi connectivity index (χ0n) is 39.2. The van der Waals surface area contributed by atoms with Gasteiger partial charge in [-0.15, -0.1) is 0 Å². The monoisotopic (exact) mass is 931 g/mol. The minimum absolute atomic E-state index is 0.0132. The highest BCUT2D eigenvalue weighted by atomic mass is 16.6. The predicted molar refractivity (Wildman–Crippen MR) is 245 cm³/mol. The molecule has 1 aliphatic heterocycles. The molecule has 0 bridgehead atoms. The number of nitrogens with one attached hydrogen (secondary N) is 4. The first-order chi connectivity index (χ1) is 31.5. The number of hydrogen-bond acceptors (Lipinski definition) is 13. The second-order valence-corrected chi connectivity index (χ2v) is 17.7. The topological polar surface area (TPSA) is 252 Å². The first kappa shape index (κ1) is 52.5. The number of carbonyl (C=O) groups is 8. The number of carbonyl (C=O) groups excluding carboxylic acids is 8. The fourth-order valence-corrected chi connectivity index (χ4v) is 6.40. The number of nitrogens with zero attached hydrogens (tertiary/aromatic N) is 3. The summed E-state index contributed by atoms with van der Waals surface area (Å²) >= 11 is 0. The van der Waals surface area contributed by atoms with E-state index in [0.717, 1.165) is 4.90 Å². The summed E-state index contributed by atoms with van der Waals surface area (Å²) in [5.41, 5.74) is -0.534. The van der Waals surface area contributed by atoms with E-state index in [1.54, 1.807) is 56.3 Å². The van der Waals surface area contributed by atoms with Crippen LogP contribution in [0.15, 0.2) is 76.0 Å². The summed E-state index contributed by atoms with van der Waals surface area (Å²) < 4.78 is 22.0. The van der Waals surface area contributed by atoms with Gasteiger partial charge in [0.05, 0.1) is 12.1 Å². The lowest BCUT2D eigenvalue weighted by molar-refractivity contribution is -0.137. The lowest BCUT2D eigenvalue weighted by Crippen LogP contribution is -2.51. The van der Waals surface area contributed by atoms with Crippen LogP contribution in [-0.4, -0.2) is 126 Å². The van der Waals surface area contributed by atoms with E-state index in [2.05, 4.69) is 21.3 Å². The molecule has 1 aliphatic rings. The van der Waals surface area contributed by atoms with Crippen molar-refractivity contribution in [2.24, 2.45) is 5.92 Å². The lowest BCUT2D eigenvalue weighted by atomic mass is 9.99. The Morgan fingerprint density at radius 3 is 2.07 bits per heavy atom. The van der Waals surface area contributed by atoms with Gasteiger partial charge in [-0.25, -0.2) is 14.4 Å². The Hall–Kier alpha value is -7.09. The number of hydrogen-bond donors (Lipinski definition) is 4. The molecule has 1 atom stereocenters. The van der Waals surface area contributed by atoms with Crippen LogP contribution in [0.1, 0.15) is 72.8 Å². The minimum atomic E-state index is -0.904. The molecule has 0 radical (unpaired) electrons. The summed E-state index contributed by atoms with van der Waals surface area (Å²) in [6.45, 7) is 11.0. The van der Waals surface area contributed by atoms with E-state index in [1.165, 1.54) is 48.2 Å². The van der Waals surface area contributed by atoms with Crippen molar-refractivity contribution in [1.29, 1.82) is 0 Å². The maximum atomic E-state index is 13.1. The van der Waals surface area contributed by atoms with Gasteiger partial charge in [0.1, 0.15) is 24.0 Å². The molecule has 4 N–H and O–H groups in total. The summed E-state index contributed by atoms with van der Waals surface area (Å²) in [4.78, 5) is 115. The average Bonchev–Trinajstić information content (AvgIpc) is 3.59. The van der Waals surface area contributed by atoms with Crippen molar-refractivity contribution in [2.75, 3.05) is 52.2 Å². The van der Waals surface area contributed by atoms with E-state index >= 15 is 0 Å². The average molecular weight is 932 g/mol. The standard InChI is InChI=1S/C47H61N7O13/c1-30(2)42(50-36(55)19-21-47(5,6)65-26-22-46(3,4)51-37(56)20-23-54-39(58)16-17-40(54)59)43(61)48-28-38(57)49-33-13-9-31(10-14-33)29-64-44(62)52(7)24-25-53(8)45(63)66-34-15-11-32-12-18-41(60)67-35(32)27-34/h9-18,27,30,42H,19-26,28-29H2,1-8H3,(H,48,61)(H,49,57)(H,50,55)(H,51,56). The van der Waals surface area contributed by atoms with Crippen LogP contribution in [0.5, 0.6) is 5.75 Å². The van der Waals surface area contributed by atoms with E-state index in [9.17, 15) is 43.2 Å². The summed E-state index contributed by atoms with van der Waals surface area (Å²) in [6, 6.07) is 13.2. The number of likely N-dealkylation sites (N-methyl/N-ethyl adjacent to an activating group) is 2. The Morgan fingerprint density at radius 2 is 1.42 bits per heavy atom. The van der Waals surface area contributed by atoms with Crippen LogP contribution in [0.2, 0.25) is 0 Å². The van der Waals surface area contributed by atoms with Gasteiger partial charge < -0.3 is 49.7 Å². The molecule has 20 nitrogen and oxygen atoms in total. The quantitative estimate of drug-likeness (QED) is 0.0780. The zero-order chi connectivity index (χ0) is 49.5. The number of benzene rings is 2. The van der Waals surface area contributed by atoms with Gasteiger partial charge in [0.25, 0.3) is 11.8 Å². The van der Waals surface area contributed by atoms with Crippen molar-refractivity contribution < 1.29 is 57.0 Å². The number of fused-ring (bicyclic) bond motifs is 1. The van der Waals surface area contributed by atoms with Gasteiger partial charge in [0.15, 0.2) is 0 Å². The fraction of sp³-hybridized carbons (Fsp3) is 0.468. The van der Waals surface area contributed by atoms with Crippen LogP contribution in [-0.2, 0) is 44.8 Å². The van der Waals surface area contributed by atoms with Crippen LogP contribution in [0.4, 0.5) is 15.3 Å². The number of anilines is 1. The molecular formula is C47H61N7O13. The molecule has 3 aromatic rings. The molecule has 0 fully saturated rings.